The van der Waals surface area contributed by atoms with E-state index in [0.717, 1.165) is 35.2 Å². The number of hydrogen-bond donors (Lipinski definition) is 1. The first-order valence-electron chi connectivity index (χ1n) is 5.88. The van der Waals surface area contributed by atoms with E-state index >= 15 is 0 Å². The fraction of sp³-hybridized carbons (Fsp3) is 0.667. The number of nitrogens with zero attached hydrogens (tertiary/aromatic N) is 2. The Balaban J connectivity index is 2.26. The van der Waals surface area contributed by atoms with E-state index in [2.05, 4.69) is 23.8 Å². The highest BCUT2D eigenvalue weighted by molar-refractivity contribution is 7.99. The van der Waals surface area contributed by atoms with Crippen molar-refractivity contribution in [2.45, 2.75) is 32.5 Å². The summed E-state index contributed by atoms with van der Waals surface area (Å²) in [7, 11) is 0. The Morgan fingerprint density at radius 1 is 1.59 bits per heavy atom. The summed E-state index contributed by atoms with van der Waals surface area (Å²) in [4.78, 5) is 8.86. The van der Waals surface area contributed by atoms with Crippen LogP contribution in [-0.2, 0) is 11.3 Å². The summed E-state index contributed by atoms with van der Waals surface area (Å²) in [5.41, 5.74) is 1.74. The molecule has 2 rings (SSSR count). The van der Waals surface area contributed by atoms with Crippen molar-refractivity contribution in [1.82, 2.24) is 9.97 Å². The molecule has 0 amide bonds. The summed E-state index contributed by atoms with van der Waals surface area (Å²) >= 11 is 1.87. The van der Waals surface area contributed by atoms with Crippen LogP contribution in [0.25, 0.3) is 0 Å². The Bertz CT molecular complexity index is 379. The second kappa shape index (κ2) is 5.80. The molecule has 1 unspecified atom stereocenters. The zero-order chi connectivity index (χ0) is 12.3. The highest BCUT2D eigenvalue weighted by Crippen LogP contribution is 2.26. The third-order valence-corrected chi connectivity index (χ3v) is 3.73. The molecular formula is C12H18N2O2S. The average molecular weight is 254 g/mol. The lowest BCUT2D eigenvalue weighted by atomic mass is 10.1. The summed E-state index contributed by atoms with van der Waals surface area (Å²) in [5.74, 6) is 2.99. The van der Waals surface area contributed by atoms with Gasteiger partial charge in [0.05, 0.1) is 18.9 Å². The monoisotopic (exact) mass is 254 g/mol. The third-order valence-electron chi connectivity index (χ3n) is 2.74. The van der Waals surface area contributed by atoms with E-state index in [-0.39, 0.29) is 18.6 Å². The van der Waals surface area contributed by atoms with Crippen LogP contribution in [0.1, 0.15) is 43.0 Å². The summed E-state index contributed by atoms with van der Waals surface area (Å²) in [5, 5.41) is 9.25. The summed E-state index contributed by atoms with van der Waals surface area (Å²) in [6.45, 7) is 4.90. The number of thioether (sulfide) groups is 1. The highest BCUT2D eigenvalue weighted by atomic mass is 32.2. The van der Waals surface area contributed by atoms with E-state index in [0.29, 0.717) is 0 Å². The lowest BCUT2D eigenvalue weighted by Crippen LogP contribution is -2.19. The largest absolute Gasteiger partial charge is 0.392 e. The Morgan fingerprint density at radius 2 is 2.41 bits per heavy atom. The van der Waals surface area contributed by atoms with Crippen LogP contribution in [-0.4, -0.2) is 33.2 Å². The smallest absolute Gasteiger partial charge is 0.158 e. The number of hydrogen-bond acceptors (Lipinski definition) is 5. The number of rotatable bonds is 3. The van der Waals surface area contributed by atoms with Gasteiger partial charge in [0.25, 0.3) is 0 Å². The van der Waals surface area contributed by atoms with Crippen LogP contribution >= 0.6 is 11.8 Å². The summed E-state index contributed by atoms with van der Waals surface area (Å²) in [6, 6.07) is 0. The first-order chi connectivity index (χ1) is 8.22. The van der Waals surface area contributed by atoms with Crippen LogP contribution in [0.3, 0.4) is 0 Å². The Labute approximate surface area is 106 Å². The molecule has 0 bridgehead atoms. The summed E-state index contributed by atoms with van der Waals surface area (Å²) in [6.07, 6.45) is 1.72. The number of aromatic nitrogens is 2. The van der Waals surface area contributed by atoms with Crippen molar-refractivity contribution >= 4 is 11.8 Å². The van der Waals surface area contributed by atoms with Crippen molar-refractivity contribution < 1.29 is 9.84 Å². The lowest BCUT2D eigenvalue weighted by Gasteiger charge is -2.22. The molecule has 0 radical (unpaired) electrons. The van der Waals surface area contributed by atoms with Crippen molar-refractivity contribution in [2.24, 2.45) is 0 Å². The van der Waals surface area contributed by atoms with E-state index in [9.17, 15) is 5.11 Å². The Morgan fingerprint density at radius 3 is 3.00 bits per heavy atom. The first-order valence-corrected chi connectivity index (χ1v) is 7.03. The van der Waals surface area contributed by atoms with E-state index in [1.165, 1.54) is 0 Å². The van der Waals surface area contributed by atoms with Gasteiger partial charge in [0.2, 0.25) is 0 Å². The van der Waals surface area contributed by atoms with Gasteiger partial charge in [-0.25, -0.2) is 9.97 Å². The normalized spacial score (nSPS) is 20.8. The molecule has 1 N–H and O–H groups in total. The van der Waals surface area contributed by atoms with Gasteiger partial charge in [-0.05, 0) is 5.92 Å². The van der Waals surface area contributed by atoms with Gasteiger partial charge in [-0.3, -0.25) is 0 Å². The molecule has 1 saturated heterocycles. The van der Waals surface area contributed by atoms with Crippen LogP contribution in [0.5, 0.6) is 0 Å². The fourth-order valence-corrected chi connectivity index (χ4v) is 2.69. The van der Waals surface area contributed by atoms with E-state index in [4.69, 9.17) is 4.74 Å². The van der Waals surface area contributed by atoms with Crippen molar-refractivity contribution in [1.29, 1.82) is 0 Å². The van der Waals surface area contributed by atoms with Crippen molar-refractivity contribution in [3.05, 3.63) is 23.3 Å². The van der Waals surface area contributed by atoms with Crippen molar-refractivity contribution in [3.8, 4) is 0 Å². The topological polar surface area (TPSA) is 55.2 Å². The highest BCUT2D eigenvalue weighted by Gasteiger charge is 2.21. The Hall–Kier alpha value is -0.650. The van der Waals surface area contributed by atoms with E-state index < -0.39 is 0 Å². The Kier molecular flexibility index (Phi) is 4.36. The SMILES string of the molecule is CC(C)c1nc(C2CSCCO2)ncc1CO. The molecule has 0 saturated carbocycles. The lowest BCUT2D eigenvalue weighted by molar-refractivity contribution is 0.0691. The molecule has 17 heavy (non-hydrogen) atoms. The molecule has 94 valence electrons. The second-order valence-corrected chi connectivity index (χ2v) is 5.54. The molecule has 0 aromatic carbocycles. The van der Waals surface area contributed by atoms with Crippen molar-refractivity contribution in [2.75, 3.05) is 18.1 Å². The molecule has 1 aliphatic rings. The fourth-order valence-electron chi connectivity index (χ4n) is 1.85. The molecular weight excluding hydrogens is 236 g/mol. The molecule has 0 aliphatic carbocycles. The second-order valence-electron chi connectivity index (χ2n) is 4.39. The zero-order valence-corrected chi connectivity index (χ0v) is 11.0. The van der Waals surface area contributed by atoms with Gasteiger partial charge in [0.15, 0.2) is 5.82 Å². The van der Waals surface area contributed by atoms with Gasteiger partial charge >= 0.3 is 0 Å². The molecule has 2 heterocycles. The maximum atomic E-state index is 9.25. The molecule has 1 aromatic heterocycles. The van der Waals surface area contributed by atoms with Crippen LogP contribution in [0.2, 0.25) is 0 Å². The predicted molar refractivity (Wildman–Crippen MR) is 68.1 cm³/mol. The minimum atomic E-state index is -0.00589. The number of aliphatic hydroxyl groups is 1. The maximum Gasteiger partial charge on any atom is 0.158 e. The molecule has 1 aromatic rings. The van der Waals surface area contributed by atoms with Crippen molar-refractivity contribution in [3.63, 3.8) is 0 Å². The average Bonchev–Trinajstić information content (AvgIpc) is 2.39. The van der Waals surface area contributed by atoms with Gasteiger partial charge in [0.1, 0.15) is 6.10 Å². The van der Waals surface area contributed by atoms with Gasteiger partial charge in [-0.2, -0.15) is 11.8 Å². The predicted octanol–water partition coefficient (Wildman–Crippen LogP) is 1.90. The molecule has 0 spiro atoms. The number of aliphatic hydroxyl groups excluding tert-OH is 1. The molecule has 1 atom stereocenters. The minimum absolute atomic E-state index is 0.000933. The quantitative estimate of drug-likeness (QED) is 0.892. The maximum absolute atomic E-state index is 9.25. The standard InChI is InChI=1S/C12H18N2O2S/c1-8(2)11-9(6-15)5-13-12(14-11)10-7-17-4-3-16-10/h5,8,10,15H,3-4,6-7H2,1-2H3. The number of ether oxygens (including phenoxy) is 1. The first kappa shape index (κ1) is 12.8. The molecule has 1 fully saturated rings. The van der Waals surface area contributed by atoms with Gasteiger partial charge in [-0.15, -0.1) is 0 Å². The van der Waals surface area contributed by atoms with Crippen LogP contribution in [0, 0.1) is 0 Å². The van der Waals surface area contributed by atoms with Gasteiger partial charge in [0, 0.05) is 23.3 Å². The summed E-state index contributed by atoms with van der Waals surface area (Å²) < 4.78 is 5.66. The van der Waals surface area contributed by atoms with Gasteiger partial charge in [-0.1, -0.05) is 13.8 Å². The third kappa shape index (κ3) is 2.97. The van der Waals surface area contributed by atoms with Crippen LogP contribution in [0.15, 0.2) is 6.20 Å². The van der Waals surface area contributed by atoms with E-state index in [1.807, 2.05) is 11.8 Å². The van der Waals surface area contributed by atoms with Gasteiger partial charge < -0.3 is 9.84 Å². The zero-order valence-electron chi connectivity index (χ0n) is 10.2. The van der Waals surface area contributed by atoms with E-state index in [1.54, 1.807) is 6.20 Å². The van der Waals surface area contributed by atoms with Crippen LogP contribution < -0.4 is 0 Å². The molecule has 5 heteroatoms. The molecule has 1 aliphatic heterocycles. The molecule has 4 nitrogen and oxygen atoms in total. The minimum Gasteiger partial charge on any atom is -0.392 e. The van der Waals surface area contributed by atoms with Crippen LogP contribution in [0.4, 0.5) is 0 Å².